The van der Waals surface area contributed by atoms with E-state index in [2.05, 4.69) is 107 Å². The van der Waals surface area contributed by atoms with Crippen molar-refractivity contribution >= 4 is 5.78 Å². The summed E-state index contributed by atoms with van der Waals surface area (Å²) in [6, 6.07) is 37.9. The van der Waals surface area contributed by atoms with Gasteiger partial charge < -0.3 is 4.74 Å². The number of rotatable bonds is 6. The quantitative estimate of drug-likeness (QED) is 0.250. The highest BCUT2D eigenvalue weighted by Crippen LogP contribution is 2.37. The van der Waals surface area contributed by atoms with Gasteiger partial charge in [0.15, 0.2) is 0 Å². The molecule has 4 nitrogen and oxygen atoms in total. The molecule has 4 heteroatoms. The lowest BCUT2D eigenvalue weighted by atomic mass is 10.0. The molecule has 0 unspecified atom stereocenters. The number of benzene rings is 4. The van der Waals surface area contributed by atoms with E-state index in [-0.39, 0.29) is 0 Å². The zero-order chi connectivity index (χ0) is 24.5. The molecule has 0 spiro atoms. The van der Waals surface area contributed by atoms with Crippen molar-refractivity contribution in [1.82, 2.24) is 14.0 Å². The van der Waals surface area contributed by atoms with Crippen LogP contribution in [0.1, 0.15) is 12.5 Å². The fourth-order valence-corrected chi connectivity index (χ4v) is 4.76. The molecular formula is C32H27N3O. The van der Waals surface area contributed by atoms with E-state index in [9.17, 15) is 0 Å². The van der Waals surface area contributed by atoms with Crippen LogP contribution < -0.4 is 4.74 Å². The Bertz CT molecular complexity index is 1610. The molecule has 0 aliphatic heterocycles. The first-order valence-electron chi connectivity index (χ1n) is 12.2. The van der Waals surface area contributed by atoms with Gasteiger partial charge in [-0.3, -0.25) is 8.97 Å². The van der Waals surface area contributed by atoms with Crippen molar-refractivity contribution in [3.8, 4) is 45.2 Å². The third-order valence-electron chi connectivity index (χ3n) is 6.67. The second-order valence-corrected chi connectivity index (χ2v) is 8.81. The van der Waals surface area contributed by atoms with Crippen LogP contribution in [0.3, 0.4) is 0 Å². The van der Waals surface area contributed by atoms with Crippen molar-refractivity contribution in [2.45, 2.75) is 13.3 Å². The molecule has 6 rings (SSSR count). The summed E-state index contributed by atoms with van der Waals surface area (Å²) >= 11 is 0. The molecule has 0 amide bonds. The molecule has 0 aliphatic carbocycles. The van der Waals surface area contributed by atoms with Crippen molar-refractivity contribution in [2.75, 3.05) is 7.11 Å². The van der Waals surface area contributed by atoms with E-state index < -0.39 is 0 Å². The molecule has 2 aromatic heterocycles. The van der Waals surface area contributed by atoms with E-state index in [1.165, 1.54) is 5.56 Å². The van der Waals surface area contributed by atoms with E-state index in [1.807, 2.05) is 24.3 Å². The van der Waals surface area contributed by atoms with Gasteiger partial charge >= 0.3 is 0 Å². The molecule has 0 bridgehead atoms. The number of aryl methyl sites for hydroxylation is 1. The number of hydrogen-bond acceptors (Lipinski definition) is 2. The maximum atomic E-state index is 5.41. The zero-order valence-electron chi connectivity index (χ0n) is 20.4. The lowest BCUT2D eigenvalue weighted by Gasteiger charge is -2.10. The molecule has 0 fully saturated rings. The second-order valence-electron chi connectivity index (χ2n) is 8.81. The maximum Gasteiger partial charge on any atom is 0.220 e. The summed E-state index contributed by atoms with van der Waals surface area (Å²) in [6.45, 7) is 2.18. The smallest absolute Gasteiger partial charge is 0.220 e. The molecule has 2 heterocycles. The van der Waals surface area contributed by atoms with Crippen LogP contribution in [0, 0.1) is 0 Å². The summed E-state index contributed by atoms with van der Waals surface area (Å²) < 4.78 is 9.88. The number of nitrogens with zero attached hydrogens (tertiary/aromatic N) is 3. The summed E-state index contributed by atoms with van der Waals surface area (Å²) in [5.74, 6) is 1.72. The third-order valence-corrected chi connectivity index (χ3v) is 6.67. The van der Waals surface area contributed by atoms with Crippen LogP contribution in [0.25, 0.3) is 45.2 Å². The Balaban J connectivity index is 1.67. The number of imidazole rings is 2. The van der Waals surface area contributed by atoms with Gasteiger partial charge in [-0.1, -0.05) is 79.7 Å². The van der Waals surface area contributed by atoms with Crippen LogP contribution >= 0.6 is 0 Å². The first-order valence-corrected chi connectivity index (χ1v) is 12.2. The monoisotopic (exact) mass is 469 g/mol. The fraction of sp³-hybridized carbons (Fsp3) is 0.0938. The minimum atomic E-state index is 0.838. The largest absolute Gasteiger partial charge is 0.497 e. The van der Waals surface area contributed by atoms with Crippen molar-refractivity contribution in [3.63, 3.8) is 0 Å². The van der Waals surface area contributed by atoms with Gasteiger partial charge in [-0.15, -0.1) is 0 Å². The molecule has 0 aliphatic rings. The molecule has 176 valence electrons. The van der Waals surface area contributed by atoms with Gasteiger partial charge in [0, 0.05) is 28.6 Å². The number of fused-ring (bicyclic) bond motifs is 1. The Labute approximate surface area is 211 Å². The highest BCUT2D eigenvalue weighted by molar-refractivity contribution is 5.83. The predicted molar refractivity (Wildman–Crippen MR) is 147 cm³/mol. The molecule has 0 radical (unpaired) electrons. The Morgan fingerprint density at radius 3 is 1.94 bits per heavy atom. The molecule has 36 heavy (non-hydrogen) atoms. The molecular weight excluding hydrogens is 442 g/mol. The zero-order valence-corrected chi connectivity index (χ0v) is 20.4. The van der Waals surface area contributed by atoms with Gasteiger partial charge in [-0.05, 0) is 48.4 Å². The van der Waals surface area contributed by atoms with Crippen LogP contribution in [0.2, 0.25) is 0 Å². The summed E-state index contributed by atoms with van der Waals surface area (Å²) in [6.07, 6.45) is 3.21. The predicted octanol–water partition coefficient (Wildman–Crippen LogP) is 7.70. The fourth-order valence-electron chi connectivity index (χ4n) is 4.76. The molecule has 0 saturated heterocycles. The van der Waals surface area contributed by atoms with Gasteiger partial charge in [0.05, 0.1) is 24.2 Å². The lowest BCUT2D eigenvalue weighted by Crippen LogP contribution is -1.98. The standard InChI is InChI=1S/C32H27N3O/c1-3-23-14-18-27(19-15-23)35-29(24-16-20-28(36-2)21-17-24)22-34-31(26-12-8-5-9-13-26)30(33-32(34)35)25-10-6-4-7-11-25/h4-22H,3H2,1-2H3. The van der Waals surface area contributed by atoms with Crippen molar-refractivity contribution in [3.05, 3.63) is 121 Å². The van der Waals surface area contributed by atoms with Gasteiger partial charge in [0.1, 0.15) is 5.75 Å². The number of aromatic nitrogens is 3. The highest BCUT2D eigenvalue weighted by atomic mass is 16.5. The highest BCUT2D eigenvalue weighted by Gasteiger charge is 2.22. The van der Waals surface area contributed by atoms with Crippen molar-refractivity contribution in [2.24, 2.45) is 0 Å². The number of ether oxygens (including phenoxy) is 1. The van der Waals surface area contributed by atoms with E-state index >= 15 is 0 Å². The summed E-state index contributed by atoms with van der Waals surface area (Å²) in [7, 11) is 1.69. The van der Waals surface area contributed by atoms with Crippen LogP contribution in [-0.2, 0) is 6.42 Å². The normalized spacial score (nSPS) is 11.2. The van der Waals surface area contributed by atoms with Crippen LogP contribution in [0.5, 0.6) is 5.75 Å². The third kappa shape index (κ3) is 3.77. The van der Waals surface area contributed by atoms with Crippen LogP contribution in [-0.4, -0.2) is 21.1 Å². The van der Waals surface area contributed by atoms with Gasteiger partial charge in [0.25, 0.3) is 0 Å². The van der Waals surface area contributed by atoms with E-state index in [0.717, 1.165) is 57.4 Å². The van der Waals surface area contributed by atoms with E-state index in [1.54, 1.807) is 7.11 Å². The minimum absolute atomic E-state index is 0.838. The summed E-state index contributed by atoms with van der Waals surface area (Å²) in [5, 5.41) is 0. The lowest BCUT2D eigenvalue weighted by molar-refractivity contribution is 0.415. The molecule has 0 atom stereocenters. The topological polar surface area (TPSA) is 31.5 Å². The Morgan fingerprint density at radius 2 is 1.33 bits per heavy atom. The molecule has 6 aromatic rings. The first kappa shape index (κ1) is 21.9. The van der Waals surface area contributed by atoms with Crippen LogP contribution in [0.15, 0.2) is 115 Å². The van der Waals surface area contributed by atoms with Crippen molar-refractivity contribution in [1.29, 1.82) is 0 Å². The van der Waals surface area contributed by atoms with Crippen LogP contribution in [0.4, 0.5) is 0 Å². The average Bonchev–Trinajstić information content (AvgIpc) is 3.50. The minimum Gasteiger partial charge on any atom is -0.497 e. The Kier molecular flexibility index (Phi) is 5.62. The van der Waals surface area contributed by atoms with Gasteiger partial charge in [0.2, 0.25) is 5.78 Å². The van der Waals surface area contributed by atoms with Crippen molar-refractivity contribution < 1.29 is 4.74 Å². The van der Waals surface area contributed by atoms with E-state index in [4.69, 9.17) is 9.72 Å². The van der Waals surface area contributed by atoms with E-state index in [0.29, 0.717) is 0 Å². The maximum absolute atomic E-state index is 5.41. The Morgan fingerprint density at radius 1 is 0.694 bits per heavy atom. The SMILES string of the molecule is CCc1ccc(-n2c(-c3ccc(OC)cc3)cn3c(-c4ccccc4)c(-c4ccccc4)nc23)cc1. The van der Waals surface area contributed by atoms with Gasteiger partial charge in [-0.25, -0.2) is 4.98 Å². The number of hydrogen-bond donors (Lipinski definition) is 0. The Hall–Kier alpha value is -4.57. The molecule has 0 N–H and O–H groups in total. The molecule has 0 saturated carbocycles. The van der Waals surface area contributed by atoms with Gasteiger partial charge in [-0.2, -0.15) is 0 Å². The first-order chi connectivity index (χ1) is 17.8. The summed E-state index contributed by atoms with van der Waals surface area (Å²) in [5.41, 5.74) is 8.83. The second kappa shape index (κ2) is 9.23. The number of methoxy groups -OCH3 is 1. The molecule has 4 aromatic carbocycles. The average molecular weight is 470 g/mol. The summed E-state index contributed by atoms with van der Waals surface area (Å²) in [4.78, 5) is 5.26.